The van der Waals surface area contributed by atoms with Gasteiger partial charge in [0.1, 0.15) is 10.7 Å². The van der Waals surface area contributed by atoms with Crippen molar-refractivity contribution in [2.45, 2.75) is 83.9 Å². The first-order valence-electron chi connectivity index (χ1n) is 12.6. The second-order valence-corrected chi connectivity index (χ2v) is 10.7. The van der Waals surface area contributed by atoms with E-state index in [4.69, 9.17) is 14.5 Å². The molecule has 1 aliphatic heterocycles. The Morgan fingerprint density at radius 1 is 1.17 bits per heavy atom. The largest absolute Gasteiger partial charge is 0.493 e. The smallest absolute Gasteiger partial charge is 0.262 e. The van der Waals surface area contributed by atoms with Gasteiger partial charge in [-0.1, -0.05) is 12.5 Å². The van der Waals surface area contributed by atoms with Crippen LogP contribution in [0.25, 0.3) is 10.2 Å². The average Bonchev–Trinajstić information content (AvgIpc) is 3.40. The normalized spacial score (nSPS) is 17.1. The number of hydrogen-bond acceptors (Lipinski definition) is 6. The van der Waals surface area contributed by atoms with Crippen molar-refractivity contribution in [3.05, 3.63) is 50.4 Å². The lowest BCUT2D eigenvalue weighted by Gasteiger charge is -2.19. The van der Waals surface area contributed by atoms with Gasteiger partial charge in [0.15, 0.2) is 11.5 Å². The van der Waals surface area contributed by atoms with Crippen molar-refractivity contribution < 1.29 is 14.3 Å². The molecule has 2 aromatic heterocycles. The number of nitrogens with zero attached hydrogens (tertiary/aromatic N) is 2. The number of hydrogen-bond donors (Lipinski definition) is 1. The molecular formula is C27H33N3O4S. The number of rotatable bonds is 6. The fourth-order valence-corrected chi connectivity index (χ4v) is 6.30. The quantitative estimate of drug-likeness (QED) is 0.501. The number of thiophene rings is 1. The first kappa shape index (κ1) is 23.9. The van der Waals surface area contributed by atoms with Gasteiger partial charge in [-0.2, -0.15) is 0 Å². The average molecular weight is 496 g/mol. The minimum Gasteiger partial charge on any atom is -0.493 e. The third-order valence-electron chi connectivity index (χ3n) is 7.25. The monoisotopic (exact) mass is 495 g/mol. The zero-order valence-electron chi connectivity index (χ0n) is 20.7. The predicted molar refractivity (Wildman–Crippen MR) is 138 cm³/mol. The third-order valence-corrected chi connectivity index (χ3v) is 8.43. The number of fused-ring (bicyclic) bond motifs is 2. The molecule has 0 bridgehead atoms. The SMILES string of the molecule is COc1cc(C(C)NC(=O)c2sc3nc4n(c(=O)c3c2C)CCCCC4)ccc1OC1CCCC1. The molecule has 5 rings (SSSR count). The van der Waals surface area contributed by atoms with Crippen LogP contribution in [0.4, 0.5) is 0 Å². The van der Waals surface area contributed by atoms with E-state index < -0.39 is 0 Å². The Bertz CT molecular complexity index is 1310. The van der Waals surface area contributed by atoms with E-state index in [0.29, 0.717) is 33.0 Å². The first-order chi connectivity index (χ1) is 17.0. The standard InChI is InChI=1S/C27H33N3O4S/c1-16-23-26(29-22-11-5-4-8-14-30(22)27(23)32)35-24(16)25(31)28-17(2)18-12-13-20(21(15-18)33-3)34-19-9-6-7-10-19/h12-13,15,17,19H,4-11,14H2,1-3H3,(H,28,31). The lowest BCUT2D eigenvalue weighted by molar-refractivity contribution is 0.0943. The van der Waals surface area contributed by atoms with Crippen LogP contribution < -0.4 is 20.3 Å². The summed E-state index contributed by atoms with van der Waals surface area (Å²) in [5.41, 5.74) is 1.62. The Morgan fingerprint density at radius 3 is 2.74 bits per heavy atom. The van der Waals surface area contributed by atoms with Gasteiger partial charge in [0.2, 0.25) is 0 Å². The number of carbonyl (C=O) groups excluding carboxylic acids is 1. The first-order valence-corrected chi connectivity index (χ1v) is 13.5. The summed E-state index contributed by atoms with van der Waals surface area (Å²) in [5, 5.41) is 3.67. The molecule has 0 saturated heterocycles. The van der Waals surface area contributed by atoms with E-state index in [0.717, 1.165) is 55.7 Å². The van der Waals surface area contributed by atoms with Crippen LogP contribution in [0.15, 0.2) is 23.0 Å². The Balaban J connectivity index is 1.37. The molecule has 7 nitrogen and oxygen atoms in total. The van der Waals surface area contributed by atoms with Gasteiger partial charge in [0, 0.05) is 13.0 Å². The van der Waals surface area contributed by atoms with Crippen molar-refractivity contribution in [2.24, 2.45) is 0 Å². The van der Waals surface area contributed by atoms with E-state index in [1.165, 1.54) is 24.2 Å². The van der Waals surface area contributed by atoms with Crippen molar-refractivity contribution in [1.29, 1.82) is 0 Å². The number of aryl methyl sites for hydroxylation is 2. The zero-order chi connectivity index (χ0) is 24.5. The van der Waals surface area contributed by atoms with Gasteiger partial charge in [-0.25, -0.2) is 4.98 Å². The van der Waals surface area contributed by atoms with Gasteiger partial charge < -0.3 is 14.8 Å². The molecule has 1 fully saturated rings. The molecule has 0 radical (unpaired) electrons. The van der Waals surface area contributed by atoms with E-state index in [-0.39, 0.29) is 23.6 Å². The highest BCUT2D eigenvalue weighted by Crippen LogP contribution is 2.34. The van der Waals surface area contributed by atoms with Gasteiger partial charge in [-0.05, 0) is 75.6 Å². The van der Waals surface area contributed by atoms with Gasteiger partial charge >= 0.3 is 0 Å². The van der Waals surface area contributed by atoms with Gasteiger partial charge in [0.05, 0.1) is 29.5 Å². The highest BCUT2D eigenvalue weighted by Gasteiger charge is 2.24. The van der Waals surface area contributed by atoms with Crippen LogP contribution in [-0.4, -0.2) is 28.7 Å². The van der Waals surface area contributed by atoms with Crippen molar-refractivity contribution >= 4 is 27.5 Å². The minimum absolute atomic E-state index is 0.0182. The Morgan fingerprint density at radius 2 is 1.97 bits per heavy atom. The number of methoxy groups -OCH3 is 1. The highest BCUT2D eigenvalue weighted by atomic mass is 32.1. The Kier molecular flexibility index (Phi) is 6.82. The summed E-state index contributed by atoms with van der Waals surface area (Å²) in [4.78, 5) is 32.5. The molecule has 1 unspecified atom stereocenters. The number of aromatic nitrogens is 2. The van der Waals surface area contributed by atoms with Crippen molar-refractivity contribution in [3.63, 3.8) is 0 Å². The maximum Gasteiger partial charge on any atom is 0.262 e. The van der Waals surface area contributed by atoms with Crippen LogP contribution in [-0.2, 0) is 13.0 Å². The van der Waals surface area contributed by atoms with Gasteiger partial charge in [-0.15, -0.1) is 11.3 Å². The Labute approximate surface area is 209 Å². The fraction of sp³-hybridized carbons (Fsp3) is 0.519. The lowest BCUT2D eigenvalue weighted by Crippen LogP contribution is -2.27. The van der Waals surface area contributed by atoms with Gasteiger partial charge in [-0.3, -0.25) is 14.2 Å². The molecule has 1 amide bonds. The maximum atomic E-state index is 13.3. The molecule has 1 aliphatic carbocycles. The van der Waals surface area contributed by atoms with Crippen molar-refractivity contribution in [2.75, 3.05) is 7.11 Å². The summed E-state index contributed by atoms with van der Waals surface area (Å²) in [6.45, 7) is 4.50. The second-order valence-electron chi connectivity index (χ2n) is 9.66. The third kappa shape index (κ3) is 4.68. The zero-order valence-corrected chi connectivity index (χ0v) is 21.5. The molecule has 0 spiro atoms. The molecule has 1 saturated carbocycles. The topological polar surface area (TPSA) is 82.5 Å². The van der Waals surface area contributed by atoms with E-state index >= 15 is 0 Å². The number of ether oxygens (including phenoxy) is 2. The van der Waals surface area contributed by atoms with Crippen molar-refractivity contribution in [1.82, 2.24) is 14.9 Å². The molecule has 35 heavy (non-hydrogen) atoms. The van der Waals surface area contributed by atoms with E-state index in [2.05, 4.69) is 5.32 Å². The number of amides is 1. The number of nitrogens with one attached hydrogen (secondary N) is 1. The summed E-state index contributed by atoms with van der Waals surface area (Å²) >= 11 is 1.31. The highest BCUT2D eigenvalue weighted by molar-refractivity contribution is 7.20. The van der Waals surface area contributed by atoms with E-state index in [1.54, 1.807) is 11.7 Å². The van der Waals surface area contributed by atoms with Crippen LogP contribution in [0.1, 0.15) is 84.5 Å². The molecule has 1 atom stereocenters. The van der Waals surface area contributed by atoms with E-state index in [1.807, 2.05) is 32.0 Å². The van der Waals surface area contributed by atoms with Crippen LogP contribution >= 0.6 is 11.3 Å². The van der Waals surface area contributed by atoms with E-state index in [9.17, 15) is 9.59 Å². The second kappa shape index (κ2) is 10.0. The summed E-state index contributed by atoms with van der Waals surface area (Å²) in [7, 11) is 1.64. The molecule has 2 aliphatic rings. The summed E-state index contributed by atoms with van der Waals surface area (Å²) in [5.74, 6) is 2.07. The molecule has 3 aromatic rings. The fourth-order valence-electron chi connectivity index (χ4n) is 5.21. The van der Waals surface area contributed by atoms with Crippen molar-refractivity contribution in [3.8, 4) is 11.5 Å². The van der Waals surface area contributed by atoms with Gasteiger partial charge in [0.25, 0.3) is 11.5 Å². The molecular weight excluding hydrogens is 462 g/mol. The maximum absolute atomic E-state index is 13.3. The molecule has 1 aromatic carbocycles. The lowest BCUT2D eigenvalue weighted by atomic mass is 10.1. The predicted octanol–water partition coefficient (Wildman–Crippen LogP) is 5.31. The van der Waals surface area contributed by atoms with Crippen LogP contribution in [0.5, 0.6) is 11.5 Å². The Hall–Kier alpha value is -2.87. The summed E-state index contributed by atoms with van der Waals surface area (Å²) < 4.78 is 13.5. The van der Waals surface area contributed by atoms with Crippen LogP contribution in [0.2, 0.25) is 0 Å². The summed E-state index contributed by atoms with van der Waals surface area (Å²) in [6.07, 6.45) is 8.76. The minimum atomic E-state index is -0.243. The summed E-state index contributed by atoms with van der Waals surface area (Å²) in [6, 6.07) is 5.59. The molecule has 3 heterocycles. The molecule has 186 valence electrons. The van der Waals surface area contributed by atoms with Crippen LogP contribution in [0.3, 0.4) is 0 Å². The van der Waals surface area contributed by atoms with Crippen LogP contribution in [0, 0.1) is 6.92 Å². The number of carbonyl (C=O) groups is 1. The number of benzene rings is 1. The molecule has 8 heteroatoms. The molecule has 1 N–H and O–H groups in total.